The first-order valence-corrected chi connectivity index (χ1v) is 12.5. The van der Waals surface area contributed by atoms with Crippen molar-refractivity contribution in [2.45, 2.75) is 20.3 Å². The normalized spacial score (nSPS) is 14.9. The van der Waals surface area contributed by atoms with Gasteiger partial charge in [-0.1, -0.05) is 28.1 Å². The molecule has 0 aromatic heterocycles. The molecule has 1 saturated heterocycles. The van der Waals surface area contributed by atoms with Crippen molar-refractivity contribution in [2.24, 2.45) is 5.92 Å². The number of nitrogens with zero attached hydrogens (tertiary/aromatic N) is 1. The molecule has 1 aliphatic heterocycles. The molecule has 3 aromatic carbocycles. The molecule has 1 fully saturated rings. The molecule has 0 unspecified atom stereocenters. The Morgan fingerprint density at radius 2 is 1.70 bits per heavy atom. The summed E-state index contributed by atoms with van der Waals surface area (Å²) in [6.45, 7) is 3.60. The van der Waals surface area contributed by atoms with Crippen LogP contribution in [0.1, 0.15) is 17.5 Å². The summed E-state index contributed by atoms with van der Waals surface area (Å²) in [6.07, 6.45) is 0.0188. The number of carbonyl (C=O) groups excluding carboxylic acids is 3. The van der Waals surface area contributed by atoms with Gasteiger partial charge in [-0.05, 0) is 73.5 Å². The molecule has 0 radical (unpaired) electrons. The second-order valence-corrected chi connectivity index (χ2v) is 9.51. The molecular weight excluding hydrogens is 540 g/mol. The Hall–Kier alpha value is -3.85. The number of para-hydroxylation sites is 2. The van der Waals surface area contributed by atoms with Crippen LogP contribution in [0.2, 0.25) is 0 Å². The zero-order valence-electron chi connectivity index (χ0n) is 20.7. The van der Waals surface area contributed by atoms with Crippen LogP contribution >= 0.6 is 15.9 Å². The van der Waals surface area contributed by atoms with Crippen molar-refractivity contribution in [1.29, 1.82) is 0 Å². The molecule has 192 valence electrons. The highest BCUT2D eigenvalue weighted by Crippen LogP contribution is 2.33. The lowest BCUT2D eigenvalue weighted by Gasteiger charge is -2.17. The van der Waals surface area contributed by atoms with Crippen molar-refractivity contribution in [1.82, 2.24) is 0 Å². The average Bonchev–Trinajstić information content (AvgIpc) is 3.30. The minimum absolute atomic E-state index is 0.0188. The first-order chi connectivity index (χ1) is 17.8. The van der Waals surface area contributed by atoms with Gasteiger partial charge in [0.25, 0.3) is 5.91 Å². The van der Waals surface area contributed by atoms with E-state index in [0.717, 1.165) is 15.6 Å². The van der Waals surface area contributed by atoms with Crippen LogP contribution in [0.5, 0.6) is 17.2 Å². The molecular formula is C28H27BrN2O6. The van der Waals surface area contributed by atoms with E-state index in [1.54, 1.807) is 49.6 Å². The van der Waals surface area contributed by atoms with Gasteiger partial charge >= 0.3 is 5.97 Å². The molecule has 1 heterocycles. The molecule has 0 bridgehead atoms. The Morgan fingerprint density at radius 3 is 2.41 bits per heavy atom. The Bertz CT molecular complexity index is 1320. The standard InChI is InChI=1S/C28H27BrN2O6/c1-17-18(2)23(13-12-22(17)29)30-26(32)16-36-28(34)19-14-27(33)31(15-19)20-8-10-21(11-9-20)37-25-7-5-4-6-24(25)35-3/h4-13,19H,14-16H2,1-3H3,(H,30,32)/t19-/m1/s1. The molecule has 0 aliphatic carbocycles. The van der Waals surface area contributed by atoms with Gasteiger partial charge < -0.3 is 24.4 Å². The summed E-state index contributed by atoms with van der Waals surface area (Å²) in [6, 6.07) is 17.9. The first kappa shape index (κ1) is 26.2. The lowest BCUT2D eigenvalue weighted by atomic mass is 10.1. The predicted octanol–water partition coefficient (Wildman–Crippen LogP) is 5.40. The molecule has 9 heteroatoms. The minimum Gasteiger partial charge on any atom is -0.493 e. The van der Waals surface area contributed by atoms with Crippen LogP contribution in [0.3, 0.4) is 0 Å². The largest absolute Gasteiger partial charge is 0.493 e. The zero-order chi connectivity index (χ0) is 26.5. The van der Waals surface area contributed by atoms with Crippen molar-refractivity contribution in [3.63, 3.8) is 0 Å². The van der Waals surface area contributed by atoms with Gasteiger partial charge in [0.05, 0.1) is 13.0 Å². The number of nitrogens with one attached hydrogen (secondary N) is 1. The summed E-state index contributed by atoms with van der Waals surface area (Å²) < 4.78 is 17.3. The lowest BCUT2D eigenvalue weighted by molar-refractivity contribution is -0.151. The fourth-order valence-electron chi connectivity index (χ4n) is 4.00. The number of hydrogen-bond donors (Lipinski definition) is 1. The van der Waals surface area contributed by atoms with Crippen molar-refractivity contribution < 1.29 is 28.6 Å². The first-order valence-electron chi connectivity index (χ1n) is 11.7. The van der Waals surface area contributed by atoms with Crippen LogP contribution in [-0.4, -0.2) is 38.0 Å². The molecule has 8 nitrogen and oxygen atoms in total. The SMILES string of the molecule is COc1ccccc1Oc1ccc(N2C[C@H](C(=O)OCC(=O)Nc3ccc(Br)c(C)c3C)CC2=O)cc1. The van der Waals surface area contributed by atoms with Crippen LogP contribution in [0.4, 0.5) is 11.4 Å². The molecule has 1 atom stereocenters. The summed E-state index contributed by atoms with van der Waals surface area (Å²) in [4.78, 5) is 39.1. The third-order valence-electron chi connectivity index (χ3n) is 6.24. The van der Waals surface area contributed by atoms with Crippen molar-refractivity contribution >= 4 is 45.1 Å². The number of carbonyl (C=O) groups is 3. The maximum Gasteiger partial charge on any atom is 0.311 e. The van der Waals surface area contributed by atoms with Gasteiger partial charge in [0.15, 0.2) is 18.1 Å². The van der Waals surface area contributed by atoms with Gasteiger partial charge in [-0.3, -0.25) is 14.4 Å². The second kappa shape index (κ2) is 11.5. The molecule has 4 rings (SSSR count). The lowest BCUT2D eigenvalue weighted by Crippen LogP contribution is -2.28. The van der Waals surface area contributed by atoms with E-state index in [1.165, 1.54) is 4.90 Å². The molecule has 1 aliphatic rings. The summed E-state index contributed by atoms with van der Waals surface area (Å²) in [5.41, 5.74) is 3.23. The van der Waals surface area contributed by atoms with Crippen molar-refractivity contribution in [2.75, 3.05) is 30.5 Å². The van der Waals surface area contributed by atoms with Gasteiger partial charge in [0.2, 0.25) is 5.91 Å². The number of methoxy groups -OCH3 is 1. The van der Waals surface area contributed by atoms with E-state index in [-0.39, 0.29) is 18.9 Å². The van der Waals surface area contributed by atoms with E-state index in [9.17, 15) is 14.4 Å². The fourth-order valence-corrected chi connectivity index (χ4v) is 4.43. The third-order valence-corrected chi connectivity index (χ3v) is 7.10. The Morgan fingerprint density at radius 1 is 1.00 bits per heavy atom. The highest BCUT2D eigenvalue weighted by molar-refractivity contribution is 9.10. The smallest absolute Gasteiger partial charge is 0.311 e. The molecule has 2 amide bonds. The van der Waals surface area contributed by atoms with Crippen molar-refractivity contribution in [3.8, 4) is 17.2 Å². The summed E-state index contributed by atoms with van der Waals surface area (Å²) in [5, 5.41) is 2.76. The van der Waals surface area contributed by atoms with Crippen LogP contribution in [0.15, 0.2) is 65.1 Å². The van der Waals surface area contributed by atoms with Crippen LogP contribution in [-0.2, 0) is 19.1 Å². The third kappa shape index (κ3) is 6.11. The number of amides is 2. The number of esters is 1. The van der Waals surface area contributed by atoms with E-state index in [4.69, 9.17) is 14.2 Å². The fraction of sp³-hybridized carbons (Fsp3) is 0.250. The maximum absolute atomic E-state index is 12.6. The van der Waals surface area contributed by atoms with Crippen LogP contribution < -0.4 is 19.7 Å². The highest BCUT2D eigenvalue weighted by atomic mass is 79.9. The Balaban J connectivity index is 1.31. The molecule has 37 heavy (non-hydrogen) atoms. The predicted molar refractivity (Wildman–Crippen MR) is 143 cm³/mol. The number of anilines is 2. The topological polar surface area (TPSA) is 94.2 Å². The Kier molecular flexibility index (Phi) is 8.13. The zero-order valence-corrected chi connectivity index (χ0v) is 22.3. The summed E-state index contributed by atoms with van der Waals surface area (Å²) in [5.74, 6) is -0.0909. The average molecular weight is 567 g/mol. The molecule has 0 saturated carbocycles. The number of benzene rings is 3. The van der Waals surface area contributed by atoms with Gasteiger partial charge in [0.1, 0.15) is 5.75 Å². The summed E-state index contributed by atoms with van der Waals surface area (Å²) in [7, 11) is 1.57. The second-order valence-electron chi connectivity index (χ2n) is 8.65. The molecule has 3 aromatic rings. The van der Waals surface area contributed by atoms with E-state index in [1.807, 2.05) is 32.0 Å². The van der Waals surface area contributed by atoms with Gasteiger partial charge in [0, 0.05) is 28.8 Å². The number of halogens is 1. The maximum atomic E-state index is 12.6. The molecule has 1 N–H and O–H groups in total. The quantitative estimate of drug-likeness (QED) is 0.367. The van der Waals surface area contributed by atoms with Gasteiger partial charge in [-0.15, -0.1) is 0 Å². The minimum atomic E-state index is -0.651. The number of rotatable bonds is 8. The van der Waals surface area contributed by atoms with E-state index in [0.29, 0.717) is 28.6 Å². The van der Waals surface area contributed by atoms with Gasteiger partial charge in [-0.25, -0.2) is 0 Å². The van der Waals surface area contributed by atoms with E-state index >= 15 is 0 Å². The number of ether oxygens (including phenoxy) is 3. The monoisotopic (exact) mass is 566 g/mol. The summed E-state index contributed by atoms with van der Waals surface area (Å²) >= 11 is 3.46. The molecule has 0 spiro atoms. The van der Waals surface area contributed by atoms with Gasteiger partial charge in [-0.2, -0.15) is 0 Å². The van der Waals surface area contributed by atoms with E-state index < -0.39 is 24.4 Å². The van der Waals surface area contributed by atoms with Crippen LogP contribution in [0, 0.1) is 19.8 Å². The Labute approximate surface area is 223 Å². The van der Waals surface area contributed by atoms with Crippen LogP contribution in [0.25, 0.3) is 0 Å². The van der Waals surface area contributed by atoms with E-state index in [2.05, 4.69) is 21.2 Å². The highest BCUT2D eigenvalue weighted by Gasteiger charge is 2.36. The van der Waals surface area contributed by atoms with Crippen molar-refractivity contribution in [3.05, 3.63) is 76.3 Å². The number of hydrogen-bond acceptors (Lipinski definition) is 6.